The lowest BCUT2D eigenvalue weighted by Gasteiger charge is -2.34. The second kappa shape index (κ2) is 12.7. The van der Waals surface area contributed by atoms with E-state index < -0.39 is 0 Å². The molecule has 8 heteroatoms. The second-order valence-corrected chi connectivity index (χ2v) is 8.40. The minimum atomic E-state index is 0. The first-order chi connectivity index (χ1) is 16.2. The fraction of sp³-hybridized carbons (Fsp3) is 0.423. The van der Waals surface area contributed by atoms with E-state index in [2.05, 4.69) is 73.8 Å². The molecule has 0 saturated carbocycles. The summed E-state index contributed by atoms with van der Waals surface area (Å²) in [5, 5.41) is 8.37. The molecule has 1 aromatic heterocycles. The van der Waals surface area contributed by atoms with Gasteiger partial charge in [-0.2, -0.15) is 0 Å². The first-order valence-electron chi connectivity index (χ1n) is 11.7. The van der Waals surface area contributed by atoms with Crippen LogP contribution in [-0.2, 0) is 6.54 Å². The number of nitrogens with one attached hydrogen (secondary N) is 2. The number of anilines is 1. The Kier molecular flexibility index (Phi) is 9.74. The predicted molar refractivity (Wildman–Crippen MR) is 151 cm³/mol. The van der Waals surface area contributed by atoms with Crippen LogP contribution in [0, 0.1) is 0 Å². The maximum absolute atomic E-state index is 5.42. The number of rotatable bonds is 8. The molecule has 3 aromatic rings. The molecule has 1 aliphatic rings. The molecule has 184 valence electrons. The molecule has 0 bridgehead atoms. The van der Waals surface area contributed by atoms with E-state index >= 15 is 0 Å². The highest BCUT2D eigenvalue weighted by Crippen LogP contribution is 2.30. The first kappa shape index (κ1) is 26.0. The van der Waals surface area contributed by atoms with E-state index in [1.54, 1.807) is 14.2 Å². The summed E-state index contributed by atoms with van der Waals surface area (Å²) in [6, 6.07) is 17.2. The van der Waals surface area contributed by atoms with Crippen LogP contribution < -0.4 is 25.0 Å². The lowest BCUT2D eigenvalue weighted by Crippen LogP contribution is -2.49. The number of guanidine groups is 1. The molecule has 2 aromatic carbocycles. The fourth-order valence-corrected chi connectivity index (χ4v) is 4.44. The second-order valence-electron chi connectivity index (χ2n) is 8.40. The van der Waals surface area contributed by atoms with Crippen LogP contribution in [0.25, 0.3) is 10.9 Å². The minimum Gasteiger partial charge on any atom is -0.497 e. The third-order valence-corrected chi connectivity index (χ3v) is 6.31. The molecular weight excluding hydrogens is 541 g/mol. The number of hydrogen-bond acceptors (Lipinski definition) is 4. The summed E-state index contributed by atoms with van der Waals surface area (Å²) in [7, 11) is 5.22. The lowest BCUT2D eigenvalue weighted by molar-refractivity contribution is 0.393. The molecule has 0 unspecified atom stereocenters. The number of nitrogens with zero attached hydrogens (tertiary/aromatic N) is 3. The average molecular weight is 578 g/mol. The van der Waals surface area contributed by atoms with Gasteiger partial charge in [-0.05, 0) is 36.8 Å². The maximum Gasteiger partial charge on any atom is 0.191 e. The lowest BCUT2D eigenvalue weighted by atomic mass is 10.0. The molecule has 0 aliphatic carbocycles. The van der Waals surface area contributed by atoms with Gasteiger partial charge in [0.1, 0.15) is 11.5 Å². The zero-order chi connectivity index (χ0) is 23.0. The Labute approximate surface area is 219 Å². The number of piperidine rings is 1. The van der Waals surface area contributed by atoms with Gasteiger partial charge < -0.3 is 29.6 Å². The predicted octanol–water partition coefficient (Wildman–Crippen LogP) is 4.50. The number of ether oxygens (including phenoxy) is 2. The summed E-state index contributed by atoms with van der Waals surface area (Å²) >= 11 is 0. The van der Waals surface area contributed by atoms with E-state index in [0.717, 1.165) is 68.6 Å². The number of hydrogen-bond donors (Lipinski definition) is 2. The van der Waals surface area contributed by atoms with Gasteiger partial charge in [0.05, 0.1) is 14.2 Å². The highest BCUT2D eigenvalue weighted by atomic mass is 127. The normalized spacial score (nSPS) is 14.6. The summed E-state index contributed by atoms with van der Waals surface area (Å²) in [5.74, 6) is 2.53. The van der Waals surface area contributed by atoms with Crippen molar-refractivity contribution in [2.45, 2.75) is 31.8 Å². The Bertz CT molecular complexity index is 1050. The molecule has 0 radical (unpaired) electrons. The van der Waals surface area contributed by atoms with Gasteiger partial charge in [0.2, 0.25) is 0 Å². The van der Waals surface area contributed by atoms with E-state index in [4.69, 9.17) is 9.47 Å². The Morgan fingerprint density at radius 2 is 1.74 bits per heavy atom. The van der Waals surface area contributed by atoms with E-state index in [1.165, 1.54) is 10.9 Å². The molecule has 2 heterocycles. The van der Waals surface area contributed by atoms with Crippen LogP contribution in [0.3, 0.4) is 0 Å². The van der Waals surface area contributed by atoms with Crippen LogP contribution in [-0.4, -0.2) is 57.5 Å². The number of aliphatic imine (C=N–C) groups is 1. The number of methoxy groups -OCH3 is 2. The molecular formula is C26H36IN5O2. The summed E-state index contributed by atoms with van der Waals surface area (Å²) in [4.78, 5) is 6.82. The largest absolute Gasteiger partial charge is 0.497 e. The third kappa shape index (κ3) is 6.49. The molecule has 0 spiro atoms. The molecule has 7 nitrogen and oxygen atoms in total. The zero-order valence-corrected chi connectivity index (χ0v) is 22.6. The fourth-order valence-electron chi connectivity index (χ4n) is 4.44. The van der Waals surface area contributed by atoms with Gasteiger partial charge in [-0.25, -0.2) is 0 Å². The maximum atomic E-state index is 5.42. The Hall–Kier alpha value is -2.62. The minimum absolute atomic E-state index is 0. The number of aromatic nitrogens is 1. The Balaban J connectivity index is 0.00000324. The van der Waals surface area contributed by atoms with Crippen molar-refractivity contribution in [2.24, 2.45) is 4.99 Å². The smallest absolute Gasteiger partial charge is 0.191 e. The van der Waals surface area contributed by atoms with Crippen molar-refractivity contribution in [2.75, 3.05) is 45.8 Å². The Morgan fingerprint density at radius 1 is 1.03 bits per heavy atom. The van der Waals surface area contributed by atoms with Crippen molar-refractivity contribution in [1.82, 2.24) is 15.2 Å². The van der Waals surface area contributed by atoms with Gasteiger partial charge in [0.15, 0.2) is 5.96 Å². The highest BCUT2D eigenvalue weighted by Gasteiger charge is 2.21. The number of aryl methyl sites for hydroxylation is 1. The van der Waals surface area contributed by atoms with E-state index in [9.17, 15) is 0 Å². The van der Waals surface area contributed by atoms with Gasteiger partial charge in [0, 0.05) is 74.9 Å². The molecule has 34 heavy (non-hydrogen) atoms. The molecule has 1 aliphatic heterocycles. The summed E-state index contributed by atoms with van der Waals surface area (Å²) in [6.07, 6.45) is 5.31. The summed E-state index contributed by atoms with van der Waals surface area (Å²) in [6.45, 7) is 3.83. The van der Waals surface area contributed by atoms with Crippen LogP contribution >= 0.6 is 24.0 Å². The average Bonchev–Trinajstić information content (AvgIpc) is 3.29. The van der Waals surface area contributed by atoms with E-state index in [0.29, 0.717) is 6.04 Å². The number of halogens is 1. The zero-order valence-electron chi connectivity index (χ0n) is 20.3. The quantitative estimate of drug-likeness (QED) is 0.179. The standard InChI is InChI=1S/C26H35N5O2.HI/c1-27-26(28-12-6-13-31-14-9-20-7-4-5-8-25(20)31)29-21-10-15-30(16-11-21)22-17-23(32-2)19-24(18-22)33-3;/h4-5,7-9,14,17-19,21H,6,10-13,15-16H2,1-3H3,(H2,27,28,29);1H. The molecule has 4 rings (SSSR count). The van der Waals surface area contributed by atoms with Crippen LogP contribution in [0.4, 0.5) is 5.69 Å². The number of fused-ring (bicyclic) bond motifs is 1. The molecule has 1 fully saturated rings. The van der Waals surface area contributed by atoms with Crippen LogP contribution in [0.15, 0.2) is 59.7 Å². The first-order valence-corrected chi connectivity index (χ1v) is 11.7. The van der Waals surface area contributed by atoms with Crippen molar-refractivity contribution in [3.8, 4) is 11.5 Å². The van der Waals surface area contributed by atoms with Gasteiger partial charge >= 0.3 is 0 Å². The van der Waals surface area contributed by atoms with Crippen molar-refractivity contribution in [3.63, 3.8) is 0 Å². The van der Waals surface area contributed by atoms with Crippen LogP contribution in [0.1, 0.15) is 19.3 Å². The van der Waals surface area contributed by atoms with Crippen molar-refractivity contribution < 1.29 is 9.47 Å². The Morgan fingerprint density at radius 3 is 2.41 bits per heavy atom. The van der Waals surface area contributed by atoms with Crippen LogP contribution in [0.5, 0.6) is 11.5 Å². The van der Waals surface area contributed by atoms with Gasteiger partial charge in [-0.3, -0.25) is 4.99 Å². The van der Waals surface area contributed by atoms with Gasteiger partial charge in [0.25, 0.3) is 0 Å². The van der Waals surface area contributed by atoms with Gasteiger partial charge in [-0.15, -0.1) is 24.0 Å². The number of para-hydroxylation sites is 1. The van der Waals surface area contributed by atoms with E-state index in [1.807, 2.05) is 13.1 Å². The SMILES string of the molecule is CN=C(NCCCn1ccc2ccccc21)NC1CCN(c2cc(OC)cc(OC)c2)CC1.I. The third-order valence-electron chi connectivity index (χ3n) is 6.31. The summed E-state index contributed by atoms with van der Waals surface area (Å²) in [5.41, 5.74) is 2.44. The molecule has 0 atom stereocenters. The molecule has 2 N–H and O–H groups in total. The monoisotopic (exact) mass is 577 g/mol. The van der Waals surface area contributed by atoms with Crippen molar-refractivity contribution >= 4 is 46.5 Å². The number of benzene rings is 2. The van der Waals surface area contributed by atoms with Crippen LogP contribution in [0.2, 0.25) is 0 Å². The van der Waals surface area contributed by atoms with Crippen molar-refractivity contribution in [1.29, 1.82) is 0 Å². The summed E-state index contributed by atoms with van der Waals surface area (Å²) < 4.78 is 13.2. The molecule has 1 saturated heterocycles. The van der Waals surface area contributed by atoms with E-state index in [-0.39, 0.29) is 24.0 Å². The van der Waals surface area contributed by atoms with Crippen molar-refractivity contribution in [3.05, 3.63) is 54.7 Å². The highest BCUT2D eigenvalue weighted by molar-refractivity contribution is 14.0. The molecule has 0 amide bonds. The van der Waals surface area contributed by atoms with Gasteiger partial charge in [-0.1, -0.05) is 18.2 Å². The topological polar surface area (TPSA) is 63.1 Å².